The van der Waals surface area contributed by atoms with Gasteiger partial charge in [-0.1, -0.05) is 30.3 Å². The molecule has 3 rings (SSSR count). The highest BCUT2D eigenvalue weighted by molar-refractivity contribution is 5.95. The molecule has 1 amide bonds. The molecule has 0 radical (unpaired) electrons. The zero-order valence-electron chi connectivity index (χ0n) is 16.9. The van der Waals surface area contributed by atoms with Crippen LogP contribution >= 0.6 is 0 Å². The first-order valence-corrected chi connectivity index (χ1v) is 9.76. The molecule has 2 aromatic carbocycles. The monoisotopic (exact) mass is 383 g/mol. The van der Waals surface area contributed by atoms with Gasteiger partial charge in [0.2, 0.25) is 0 Å². The van der Waals surface area contributed by atoms with E-state index in [1.807, 2.05) is 42.2 Å². The van der Waals surface area contributed by atoms with Crippen LogP contribution in [0.1, 0.15) is 34.3 Å². The molecule has 0 bridgehead atoms. The van der Waals surface area contributed by atoms with E-state index in [0.717, 1.165) is 43.7 Å². The lowest BCUT2D eigenvalue weighted by Crippen LogP contribution is -2.36. The average Bonchev–Trinajstić information content (AvgIpc) is 2.74. The summed E-state index contributed by atoms with van der Waals surface area (Å²) >= 11 is 0. The quantitative estimate of drug-likeness (QED) is 0.723. The fourth-order valence-electron chi connectivity index (χ4n) is 3.66. The summed E-state index contributed by atoms with van der Waals surface area (Å²) in [4.78, 5) is 15.4. The second kappa shape index (κ2) is 9.60. The van der Waals surface area contributed by atoms with Crippen LogP contribution < -0.4 is 9.47 Å². The smallest absolute Gasteiger partial charge is 0.254 e. The van der Waals surface area contributed by atoms with Crippen molar-refractivity contribution in [1.82, 2.24) is 4.90 Å². The third-order valence-corrected chi connectivity index (χ3v) is 5.32. The van der Waals surface area contributed by atoms with Crippen molar-refractivity contribution in [2.75, 3.05) is 34.0 Å². The lowest BCUT2D eigenvalue weighted by Gasteiger charge is -2.30. The van der Waals surface area contributed by atoms with Gasteiger partial charge in [-0.15, -0.1) is 0 Å². The zero-order chi connectivity index (χ0) is 19.9. The van der Waals surface area contributed by atoms with E-state index in [1.54, 1.807) is 14.2 Å². The van der Waals surface area contributed by atoms with Crippen molar-refractivity contribution in [2.24, 2.45) is 5.92 Å². The molecule has 0 spiro atoms. The maximum Gasteiger partial charge on any atom is 0.254 e. The summed E-state index contributed by atoms with van der Waals surface area (Å²) in [7, 11) is 3.22. The van der Waals surface area contributed by atoms with Crippen LogP contribution in [-0.2, 0) is 11.3 Å². The third kappa shape index (κ3) is 4.84. The minimum absolute atomic E-state index is 0.00746. The molecule has 0 unspecified atom stereocenters. The topological polar surface area (TPSA) is 48.0 Å². The Hall–Kier alpha value is -2.53. The van der Waals surface area contributed by atoms with Gasteiger partial charge in [0.05, 0.1) is 14.2 Å². The van der Waals surface area contributed by atoms with Crippen molar-refractivity contribution < 1.29 is 19.0 Å². The molecule has 0 saturated carbocycles. The minimum atomic E-state index is -0.00746. The molecule has 0 aliphatic carbocycles. The Morgan fingerprint density at radius 3 is 2.25 bits per heavy atom. The van der Waals surface area contributed by atoms with E-state index in [9.17, 15) is 4.79 Å². The number of carbonyl (C=O) groups excluding carboxylic acids is 1. The summed E-state index contributed by atoms with van der Waals surface area (Å²) < 4.78 is 16.4. The van der Waals surface area contributed by atoms with Crippen molar-refractivity contribution in [3.8, 4) is 11.5 Å². The second-order valence-electron chi connectivity index (χ2n) is 7.23. The van der Waals surface area contributed by atoms with Crippen LogP contribution in [0, 0.1) is 12.8 Å². The van der Waals surface area contributed by atoms with Crippen LogP contribution in [0.5, 0.6) is 11.5 Å². The summed E-state index contributed by atoms with van der Waals surface area (Å²) in [6, 6.07) is 13.7. The maximum absolute atomic E-state index is 13.5. The van der Waals surface area contributed by atoms with Crippen LogP contribution in [0.2, 0.25) is 0 Å². The summed E-state index contributed by atoms with van der Waals surface area (Å²) in [5, 5.41) is 0. The predicted octanol–water partition coefficient (Wildman–Crippen LogP) is 4.08. The highest BCUT2D eigenvalue weighted by Gasteiger charge is 2.24. The lowest BCUT2D eigenvalue weighted by molar-refractivity contribution is 0.0445. The highest BCUT2D eigenvalue weighted by Crippen LogP contribution is 2.30. The molecule has 5 nitrogen and oxygen atoms in total. The Morgan fingerprint density at radius 2 is 1.68 bits per heavy atom. The van der Waals surface area contributed by atoms with Crippen molar-refractivity contribution in [2.45, 2.75) is 26.3 Å². The predicted molar refractivity (Wildman–Crippen MR) is 109 cm³/mol. The molecule has 1 saturated heterocycles. The van der Waals surface area contributed by atoms with E-state index in [1.165, 1.54) is 0 Å². The van der Waals surface area contributed by atoms with Gasteiger partial charge in [-0.25, -0.2) is 0 Å². The lowest BCUT2D eigenvalue weighted by atomic mass is 9.98. The van der Waals surface area contributed by atoms with Gasteiger partial charge in [0, 0.05) is 37.4 Å². The molecular formula is C23H29NO4. The number of benzene rings is 2. The molecule has 1 heterocycles. The Labute approximate surface area is 167 Å². The molecule has 28 heavy (non-hydrogen) atoms. The zero-order valence-corrected chi connectivity index (χ0v) is 16.9. The van der Waals surface area contributed by atoms with E-state index in [4.69, 9.17) is 14.2 Å². The fourth-order valence-corrected chi connectivity index (χ4v) is 3.66. The molecular weight excluding hydrogens is 354 g/mol. The number of amides is 1. The molecule has 1 fully saturated rings. The van der Waals surface area contributed by atoms with Gasteiger partial charge in [0.15, 0.2) is 0 Å². The van der Waals surface area contributed by atoms with Gasteiger partial charge in [0.25, 0.3) is 5.91 Å². The Balaban J connectivity index is 1.88. The summed E-state index contributed by atoms with van der Waals surface area (Å²) in [5.74, 6) is 1.77. The molecule has 1 aliphatic heterocycles. The van der Waals surface area contributed by atoms with Crippen LogP contribution in [0.25, 0.3) is 0 Å². The number of carbonyl (C=O) groups is 1. The van der Waals surface area contributed by atoms with Gasteiger partial charge in [-0.05, 0) is 43.4 Å². The summed E-state index contributed by atoms with van der Waals surface area (Å²) in [6.45, 7) is 4.76. The second-order valence-corrected chi connectivity index (χ2v) is 7.23. The van der Waals surface area contributed by atoms with Gasteiger partial charge < -0.3 is 19.1 Å². The molecule has 150 valence electrons. The average molecular weight is 383 g/mol. The van der Waals surface area contributed by atoms with E-state index < -0.39 is 0 Å². The Kier molecular flexibility index (Phi) is 6.93. The Bertz CT molecular complexity index is 759. The van der Waals surface area contributed by atoms with Crippen molar-refractivity contribution in [3.63, 3.8) is 0 Å². The molecule has 0 N–H and O–H groups in total. The molecule has 2 aromatic rings. The molecule has 5 heteroatoms. The first-order valence-electron chi connectivity index (χ1n) is 9.76. The number of hydrogen-bond donors (Lipinski definition) is 0. The van der Waals surface area contributed by atoms with E-state index in [2.05, 4.69) is 12.1 Å². The first kappa shape index (κ1) is 20.2. The maximum atomic E-state index is 13.5. The summed E-state index contributed by atoms with van der Waals surface area (Å²) in [6.07, 6.45) is 1.97. The van der Waals surface area contributed by atoms with Crippen LogP contribution in [-0.4, -0.2) is 44.8 Å². The van der Waals surface area contributed by atoms with Crippen LogP contribution in [0.15, 0.2) is 42.5 Å². The summed E-state index contributed by atoms with van der Waals surface area (Å²) in [5.41, 5.74) is 2.59. The number of hydrogen-bond acceptors (Lipinski definition) is 4. The molecule has 0 aromatic heterocycles. The highest BCUT2D eigenvalue weighted by atomic mass is 16.5. The number of nitrogens with zero attached hydrogens (tertiary/aromatic N) is 1. The van der Waals surface area contributed by atoms with Crippen LogP contribution in [0.3, 0.4) is 0 Å². The van der Waals surface area contributed by atoms with Gasteiger partial charge >= 0.3 is 0 Å². The van der Waals surface area contributed by atoms with Gasteiger partial charge in [-0.3, -0.25) is 4.79 Å². The molecule has 0 atom stereocenters. The minimum Gasteiger partial charge on any atom is -0.496 e. The normalized spacial score (nSPS) is 14.5. The van der Waals surface area contributed by atoms with Crippen LogP contribution in [0.4, 0.5) is 0 Å². The largest absolute Gasteiger partial charge is 0.496 e. The van der Waals surface area contributed by atoms with E-state index in [0.29, 0.717) is 29.5 Å². The van der Waals surface area contributed by atoms with Crippen molar-refractivity contribution in [1.29, 1.82) is 0 Å². The fraction of sp³-hybridized carbons (Fsp3) is 0.435. The SMILES string of the molecule is COc1cc(C(=O)N(Cc2ccccc2)CC2CCOCC2)cc(OC)c1C. The first-order chi connectivity index (χ1) is 13.6. The van der Waals surface area contributed by atoms with Gasteiger partial charge in [-0.2, -0.15) is 0 Å². The van der Waals surface area contributed by atoms with Gasteiger partial charge in [0.1, 0.15) is 11.5 Å². The standard InChI is InChI=1S/C23H29NO4/c1-17-21(26-2)13-20(14-22(17)27-3)23(25)24(15-18-7-5-4-6-8-18)16-19-9-11-28-12-10-19/h4-8,13-14,19H,9-12,15-16H2,1-3H3. The van der Waals surface area contributed by atoms with Crippen molar-refractivity contribution in [3.05, 3.63) is 59.2 Å². The number of methoxy groups -OCH3 is 2. The van der Waals surface area contributed by atoms with E-state index >= 15 is 0 Å². The van der Waals surface area contributed by atoms with Crippen molar-refractivity contribution >= 4 is 5.91 Å². The Morgan fingerprint density at radius 1 is 1.07 bits per heavy atom. The number of ether oxygens (including phenoxy) is 3. The number of rotatable bonds is 7. The van der Waals surface area contributed by atoms with E-state index in [-0.39, 0.29) is 5.91 Å². The molecule has 1 aliphatic rings. The third-order valence-electron chi connectivity index (χ3n) is 5.32.